The van der Waals surface area contributed by atoms with Crippen molar-refractivity contribution in [3.05, 3.63) is 42.5 Å². The second-order valence-electron chi connectivity index (χ2n) is 7.57. The second kappa shape index (κ2) is 6.94. The average Bonchev–Trinajstić information content (AvgIpc) is 3.45. The number of hydrogen-bond donors (Lipinski definition) is 1. The smallest absolute Gasteiger partial charge is 0.254 e. The molecule has 1 aromatic carbocycles. The first-order valence-electron chi connectivity index (χ1n) is 8.96. The summed E-state index contributed by atoms with van der Waals surface area (Å²) < 4.78 is 0. The lowest BCUT2D eigenvalue weighted by atomic mass is 9.97. The lowest BCUT2D eigenvalue weighted by Crippen LogP contribution is -2.62. The normalized spacial score (nSPS) is 19.0. The van der Waals surface area contributed by atoms with E-state index in [0.29, 0.717) is 30.9 Å². The molecular formula is C20H25N3O3. The maximum Gasteiger partial charge on any atom is 0.254 e. The highest BCUT2D eigenvalue weighted by molar-refractivity contribution is 6.00. The third-order valence-corrected chi connectivity index (χ3v) is 4.97. The molecule has 0 radical (unpaired) electrons. The van der Waals surface area contributed by atoms with Crippen LogP contribution < -0.4 is 5.32 Å². The number of rotatable bonds is 4. The first-order chi connectivity index (χ1) is 12.3. The molecule has 26 heavy (non-hydrogen) atoms. The summed E-state index contributed by atoms with van der Waals surface area (Å²) in [6, 6.07) is 6.82. The topological polar surface area (TPSA) is 69.7 Å². The van der Waals surface area contributed by atoms with Crippen molar-refractivity contribution in [1.82, 2.24) is 9.80 Å². The molecule has 0 aromatic heterocycles. The molecule has 3 amide bonds. The summed E-state index contributed by atoms with van der Waals surface area (Å²) >= 11 is 0. The van der Waals surface area contributed by atoms with Gasteiger partial charge in [0.05, 0.1) is 5.54 Å². The summed E-state index contributed by atoms with van der Waals surface area (Å²) in [5, 5.41) is 2.66. The lowest BCUT2D eigenvalue weighted by molar-refractivity contribution is -0.136. The molecule has 0 unspecified atom stereocenters. The Labute approximate surface area is 153 Å². The van der Waals surface area contributed by atoms with Gasteiger partial charge < -0.3 is 15.1 Å². The van der Waals surface area contributed by atoms with Crippen molar-refractivity contribution in [2.75, 3.05) is 25.0 Å². The van der Waals surface area contributed by atoms with E-state index in [0.717, 1.165) is 12.8 Å². The van der Waals surface area contributed by atoms with E-state index in [1.165, 1.54) is 6.08 Å². The minimum atomic E-state index is -0.421. The zero-order valence-corrected chi connectivity index (χ0v) is 15.3. The van der Waals surface area contributed by atoms with E-state index in [1.54, 1.807) is 24.3 Å². The van der Waals surface area contributed by atoms with E-state index < -0.39 is 5.54 Å². The van der Waals surface area contributed by atoms with Gasteiger partial charge in [-0.3, -0.25) is 14.4 Å². The number of nitrogens with zero attached hydrogens (tertiary/aromatic N) is 2. The predicted molar refractivity (Wildman–Crippen MR) is 99.7 cm³/mol. The highest BCUT2D eigenvalue weighted by Crippen LogP contribution is 2.33. The van der Waals surface area contributed by atoms with Crippen LogP contribution in [0.4, 0.5) is 5.69 Å². The van der Waals surface area contributed by atoms with Crippen LogP contribution in [0.15, 0.2) is 36.9 Å². The van der Waals surface area contributed by atoms with Gasteiger partial charge in [0.2, 0.25) is 11.8 Å². The van der Waals surface area contributed by atoms with E-state index >= 15 is 0 Å². The largest absolute Gasteiger partial charge is 0.338 e. The van der Waals surface area contributed by atoms with Gasteiger partial charge >= 0.3 is 0 Å². The van der Waals surface area contributed by atoms with Gasteiger partial charge in [0.25, 0.3) is 5.91 Å². The number of piperazine rings is 1. The first-order valence-corrected chi connectivity index (χ1v) is 8.96. The van der Waals surface area contributed by atoms with Gasteiger partial charge in [-0.1, -0.05) is 6.58 Å². The molecule has 1 aliphatic carbocycles. The Bertz CT molecular complexity index is 735. The Kier molecular flexibility index (Phi) is 4.85. The van der Waals surface area contributed by atoms with E-state index in [4.69, 9.17) is 0 Å². The van der Waals surface area contributed by atoms with Crippen LogP contribution in [-0.4, -0.2) is 52.7 Å². The van der Waals surface area contributed by atoms with Crippen molar-refractivity contribution in [1.29, 1.82) is 0 Å². The van der Waals surface area contributed by atoms with E-state index in [2.05, 4.69) is 11.9 Å². The van der Waals surface area contributed by atoms with E-state index in [1.807, 2.05) is 23.6 Å². The van der Waals surface area contributed by atoms with Crippen LogP contribution in [0.2, 0.25) is 0 Å². The molecule has 2 fully saturated rings. The van der Waals surface area contributed by atoms with Crippen LogP contribution in [0.3, 0.4) is 0 Å². The van der Waals surface area contributed by atoms with Gasteiger partial charge in [0, 0.05) is 36.8 Å². The van der Waals surface area contributed by atoms with Gasteiger partial charge in [0.15, 0.2) is 0 Å². The average molecular weight is 355 g/mol. The third-order valence-electron chi connectivity index (χ3n) is 4.97. The molecule has 1 aromatic rings. The molecule has 2 aliphatic rings. The Hall–Kier alpha value is -2.63. The Morgan fingerprint density at radius 3 is 2.35 bits per heavy atom. The molecule has 1 saturated heterocycles. The van der Waals surface area contributed by atoms with E-state index in [9.17, 15) is 14.4 Å². The Balaban J connectivity index is 1.68. The molecule has 0 bridgehead atoms. The third kappa shape index (κ3) is 3.79. The second-order valence-corrected chi connectivity index (χ2v) is 7.57. The highest BCUT2D eigenvalue weighted by Gasteiger charge is 2.42. The molecule has 138 valence electrons. The van der Waals surface area contributed by atoms with Crippen LogP contribution in [0.25, 0.3) is 0 Å². The van der Waals surface area contributed by atoms with Crippen LogP contribution in [-0.2, 0) is 9.59 Å². The van der Waals surface area contributed by atoms with Crippen molar-refractivity contribution in [3.8, 4) is 0 Å². The predicted octanol–water partition coefficient (Wildman–Crippen LogP) is 2.28. The van der Waals surface area contributed by atoms with Gasteiger partial charge in [-0.05, 0) is 57.0 Å². The number of benzene rings is 1. The summed E-state index contributed by atoms with van der Waals surface area (Å²) in [4.78, 5) is 40.3. The summed E-state index contributed by atoms with van der Waals surface area (Å²) in [7, 11) is 0. The van der Waals surface area contributed by atoms with Crippen molar-refractivity contribution in [3.63, 3.8) is 0 Å². The lowest BCUT2D eigenvalue weighted by Gasteiger charge is -2.47. The number of carbonyl (C=O) groups is 3. The zero-order valence-electron chi connectivity index (χ0n) is 15.3. The Morgan fingerprint density at radius 1 is 1.15 bits per heavy atom. The standard InChI is InChI=1S/C20H25N3O3/c1-4-17(24)21-16-9-7-15(8-10-16)19(26)23-12-11-22(13-20(23,2)3)18(25)14-5-6-14/h4,7-10,14H,1,5-6,11-13H2,2-3H3,(H,21,24). The maximum atomic E-state index is 12.9. The quantitative estimate of drug-likeness (QED) is 0.843. The molecule has 1 aliphatic heterocycles. The molecule has 1 N–H and O–H groups in total. The molecule has 1 saturated carbocycles. The maximum absolute atomic E-state index is 12.9. The van der Waals surface area contributed by atoms with Crippen LogP contribution in [0, 0.1) is 5.92 Å². The van der Waals surface area contributed by atoms with E-state index in [-0.39, 0.29) is 23.6 Å². The minimum Gasteiger partial charge on any atom is -0.338 e. The fourth-order valence-corrected chi connectivity index (χ4v) is 3.35. The summed E-state index contributed by atoms with van der Waals surface area (Å²) in [6.07, 6.45) is 3.18. The Morgan fingerprint density at radius 2 is 1.81 bits per heavy atom. The monoisotopic (exact) mass is 355 g/mol. The van der Waals surface area contributed by atoms with Gasteiger partial charge in [0.1, 0.15) is 0 Å². The molecule has 0 spiro atoms. The zero-order chi connectivity index (χ0) is 18.9. The molecular weight excluding hydrogens is 330 g/mol. The minimum absolute atomic E-state index is 0.0601. The van der Waals surface area contributed by atoms with Gasteiger partial charge in [-0.25, -0.2) is 0 Å². The number of carbonyl (C=O) groups excluding carboxylic acids is 3. The number of amides is 3. The van der Waals surface area contributed by atoms with Crippen molar-refractivity contribution >= 4 is 23.4 Å². The molecule has 6 nitrogen and oxygen atoms in total. The van der Waals surface area contributed by atoms with Crippen molar-refractivity contribution in [2.24, 2.45) is 5.92 Å². The van der Waals surface area contributed by atoms with Gasteiger partial charge in [-0.2, -0.15) is 0 Å². The first kappa shape index (κ1) is 18.2. The van der Waals surface area contributed by atoms with Crippen molar-refractivity contribution < 1.29 is 14.4 Å². The molecule has 6 heteroatoms. The number of anilines is 1. The SMILES string of the molecule is C=CC(=O)Nc1ccc(C(=O)N2CCN(C(=O)C3CC3)CC2(C)C)cc1. The highest BCUT2D eigenvalue weighted by atomic mass is 16.2. The van der Waals surface area contributed by atoms with Gasteiger partial charge in [-0.15, -0.1) is 0 Å². The number of hydrogen-bond acceptors (Lipinski definition) is 3. The number of nitrogens with one attached hydrogen (secondary N) is 1. The van der Waals surface area contributed by atoms with Crippen molar-refractivity contribution in [2.45, 2.75) is 32.2 Å². The molecule has 0 atom stereocenters. The molecule has 3 rings (SSSR count). The summed E-state index contributed by atoms with van der Waals surface area (Å²) in [5.41, 5.74) is 0.762. The fraction of sp³-hybridized carbons (Fsp3) is 0.450. The summed E-state index contributed by atoms with van der Waals surface area (Å²) in [6.45, 7) is 9.07. The fourth-order valence-electron chi connectivity index (χ4n) is 3.35. The van der Waals surface area contributed by atoms with Crippen LogP contribution in [0.1, 0.15) is 37.0 Å². The summed E-state index contributed by atoms with van der Waals surface area (Å²) in [5.74, 6) is 0.0793. The molecule has 1 heterocycles. The van der Waals surface area contributed by atoms with Crippen LogP contribution in [0.5, 0.6) is 0 Å². The van der Waals surface area contributed by atoms with Crippen LogP contribution >= 0.6 is 0 Å².